The summed E-state index contributed by atoms with van der Waals surface area (Å²) < 4.78 is 11.2. The highest BCUT2D eigenvalue weighted by Crippen LogP contribution is 2.35. The molecule has 1 N–H and O–H groups in total. The highest BCUT2D eigenvalue weighted by atomic mass is 35.5. The van der Waals surface area contributed by atoms with Crippen LogP contribution in [-0.4, -0.2) is 55.7 Å². The Balaban J connectivity index is 0.00000150. The molecule has 0 saturated carbocycles. The van der Waals surface area contributed by atoms with Crippen molar-refractivity contribution < 1.29 is 14.3 Å². The Morgan fingerprint density at radius 1 is 1.21 bits per heavy atom. The minimum absolute atomic E-state index is 0. The van der Waals surface area contributed by atoms with Gasteiger partial charge in [-0.3, -0.25) is 4.79 Å². The van der Waals surface area contributed by atoms with Crippen LogP contribution in [0, 0.1) is 5.92 Å². The fraction of sp³-hybridized carbons (Fsp3) is 0.500. The lowest BCUT2D eigenvalue weighted by Gasteiger charge is -2.31. The number of fused-ring (bicyclic) bond motifs is 1. The Hall–Kier alpha value is -1.54. The average molecular weight is 460 g/mol. The second-order valence-electron chi connectivity index (χ2n) is 7.02. The standard InChI is InChI=1S/C20H25N3O3S.2ClH/c1-21-7-4-14-5-8-23(9-6-14)20(24)16-13-27-19(22-16)15-2-3-17-18(12-15)26-11-10-25-17;;/h2-3,12-14,21H,4-11H2,1H3;2*1H. The van der Waals surface area contributed by atoms with Crippen LogP contribution in [0.3, 0.4) is 0 Å². The summed E-state index contributed by atoms with van der Waals surface area (Å²) in [4.78, 5) is 19.3. The topological polar surface area (TPSA) is 63.7 Å². The number of benzene rings is 1. The van der Waals surface area contributed by atoms with E-state index in [2.05, 4.69) is 10.3 Å². The van der Waals surface area contributed by atoms with Crippen LogP contribution in [0.5, 0.6) is 11.5 Å². The first-order valence-corrected chi connectivity index (χ1v) is 10.4. The quantitative estimate of drug-likeness (QED) is 0.734. The monoisotopic (exact) mass is 459 g/mol. The summed E-state index contributed by atoms with van der Waals surface area (Å²) >= 11 is 1.49. The van der Waals surface area contributed by atoms with Crippen LogP contribution >= 0.6 is 36.2 Å². The third-order valence-electron chi connectivity index (χ3n) is 5.22. The van der Waals surface area contributed by atoms with E-state index in [0.29, 0.717) is 24.8 Å². The molecule has 1 aromatic carbocycles. The molecule has 0 unspecified atom stereocenters. The molecule has 0 radical (unpaired) electrons. The molecule has 0 aliphatic carbocycles. The third-order valence-corrected chi connectivity index (χ3v) is 6.11. The van der Waals surface area contributed by atoms with Crippen LogP contribution in [0.4, 0.5) is 0 Å². The largest absolute Gasteiger partial charge is 0.486 e. The van der Waals surface area contributed by atoms with Crippen molar-refractivity contribution in [1.29, 1.82) is 0 Å². The first-order chi connectivity index (χ1) is 13.2. The number of amides is 1. The number of piperidine rings is 1. The van der Waals surface area contributed by atoms with Crippen molar-refractivity contribution in [3.63, 3.8) is 0 Å². The van der Waals surface area contributed by atoms with Crippen LogP contribution in [-0.2, 0) is 0 Å². The summed E-state index contributed by atoms with van der Waals surface area (Å²) in [6.07, 6.45) is 3.34. The third kappa shape index (κ3) is 5.54. The molecular weight excluding hydrogens is 433 g/mol. The summed E-state index contributed by atoms with van der Waals surface area (Å²) in [5.74, 6) is 2.26. The van der Waals surface area contributed by atoms with E-state index in [9.17, 15) is 4.79 Å². The van der Waals surface area contributed by atoms with E-state index in [0.717, 1.165) is 54.5 Å². The van der Waals surface area contributed by atoms with E-state index in [1.807, 2.05) is 35.5 Å². The molecule has 9 heteroatoms. The predicted octanol–water partition coefficient (Wildman–Crippen LogP) is 3.89. The molecule has 29 heavy (non-hydrogen) atoms. The molecular formula is C20H27Cl2N3O3S. The fourth-order valence-electron chi connectivity index (χ4n) is 3.62. The molecule has 1 saturated heterocycles. The lowest BCUT2D eigenvalue weighted by molar-refractivity contribution is 0.0682. The second-order valence-corrected chi connectivity index (χ2v) is 7.88. The summed E-state index contributed by atoms with van der Waals surface area (Å²) in [5, 5.41) is 5.90. The Kier molecular flexibility index (Phi) is 9.02. The molecule has 2 aliphatic rings. The molecule has 3 heterocycles. The molecule has 6 nitrogen and oxygen atoms in total. The van der Waals surface area contributed by atoms with Crippen LogP contribution in [0.25, 0.3) is 10.6 Å². The van der Waals surface area contributed by atoms with Crippen molar-refractivity contribution in [2.75, 3.05) is 39.9 Å². The van der Waals surface area contributed by atoms with Gasteiger partial charge in [0.05, 0.1) is 0 Å². The smallest absolute Gasteiger partial charge is 0.273 e. The van der Waals surface area contributed by atoms with Gasteiger partial charge < -0.3 is 19.7 Å². The number of carbonyl (C=O) groups excluding carboxylic acids is 1. The molecule has 1 aromatic heterocycles. The number of hydrogen-bond donors (Lipinski definition) is 1. The number of likely N-dealkylation sites (tertiary alicyclic amines) is 1. The predicted molar refractivity (Wildman–Crippen MR) is 120 cm³/mol. The maximum absolute atomic E-state index is 12.8. The SMILES string of the molecule is CNCCC1CCN(C(=O)c2csc(-c3ccc4c(c3)OCCO4)n2)CC1.Cl.Cl. The number of rotatable bonds is 5. The van der Waals surface area contributed by atoms with E-state index < -0.39 is 0 Å². The van der Waals surface area contributed by atoms with Gasteiger partial charge in [-0.1, -0.05) is 0 Å². The van der Waals surface area contributed by atoms with E-state index in [1.54, 1.807) is 0 Å². The average Bonchev–Trinajstić information content (AvgIpc) is 3.22. The zero-order valence-corrected chi connectivity index (χ0v) is 18.8. The zero-order chi connectivity index (χ0) is 18.6. The van der Waals surface area contributed by atoms with Gasteiger partial charge in [0.1, 0.15) is 23.9 Å². The van der Waals surface area contributed by atoms with Crippen molar-refractivity contribution in [2.24, 2.45) is 5.92 Å². The highest BCUT2D eigenvalue weighted by molar-refractivity contribution is 7.13. The summed E-state index contributed by atoms with van der Waals surface area (Å²) in [5.41, 5.74) is 1.49. The summed E-state index contributed by atoms with van der Waals surface area (Å²) in [6.45, 7) is 3.83. The minimum atomic E-state index is 0. The van der Waals surface area contributed by atoms with E-state index >= 15 is 0 Å². The maximum Gasteiger partial charge on any atom is 0.273 e. The molecule has 1 amide bonds. The van der Waals surface area contributed by atoms with Crippen LogP contribution in [0.2, 0.25) is 0 Å². The Morgan fingerprint density at radius 3 is 2.66 bits per heavy atom. The fourth-order valence-corrected chi connectivity index (χ4v) is 4.41. The van der Waals surface area contributed by atoms with Gasteiger partial charge in [-0.25, -0.2) is 4.98 Å². The lowest BCUT2D eigenvalue weighted by atomic mass is 9.93. The first-order valence-electron chi connectivity index (χ1n) is 9.54. The van der Waals surface area contributed by atoms with Gasteiger partial charge >= 0.3 is 0 Å². The Morgan fingerprint density at radius 2 is 1.93 bits per heavy atom. The Bertz CT molecular complexity index is 810. The van der Waals surface area contributed by atoms with Gasteiger partial charge in [0.15, 0.2) is 11.5 Å². The van der Waals surface area contributed by atoms with E-state index in [-0.39, 0.29) is 30.7 Å². The number of thiazole rings is 1. The summed E-state index contributed by atoms with van der Waals surface area (Å²) in [6, 6.07) is 5.81. The highest BCUT2D eigenvalue weighted by Gasteiger charge is 2.25. The van der Waals surface area contributed by atoms with Gasteiger partial charge in [0.2, 0.25) is 0 Å². The number of nitrogens with zero attached hydrogens (tertiary/aromatic N) is 2. The molecule has 4 rings (SSSR count). The van der Waals surface area contributed by atoms with Crippen LogP contribution in [0.15, 0.2) is 23.6 Å². The molecule has 2 aliphatic heterocycles. The first kappa shape index (κ1) is 23.7. The van der Waals surface area contributed by atoms with E-state index in [4.69, 9.17) is 9.47 Å². The second kappa shape index (κ2) is 11.0. The van der Waals surface area contributed by atoms with Crippen LogP contribution in [0.1, 0.15) is 29.8 Å². The molecule has 0 spiro atoms. The van der Waals surface area contributed by atoms with Gasteiger partial charge in [-0.15, -0.1) is 36.2 Å². The van der Waals surface area contributed by atoms with Gasteiger partial charge in [-0.2, -0.15) is 0 Å². The lowest BCUT2D eigenvalue weighted by Crippen LogP contribution is -2.39. The maximum atomic E-state index is 12.8. The van der Waals surface area contributed by atoms with Crippen molar-refractivity contribution >= 4 is 42.1 Å². The molecule has 160 valence electrons. The number of ether oxygens (including phenoxy) is 2. The molecule has 0 bridgehead atoms. The van der Waals surface area contributed by atoms with Gasteiger partial charge in [0, 0.05) is 24.0 Å². The van der Waals surface area contributed by atoms with Crippen molar-refractivity contribution in [1.82, 2.24) is 15.2 Å². The Labute approximate surface area is 187 Å². The molecule has 2 aromatic rings. The normalized spacial score (nSPS) is 16.0. The van der Waals surface area contributed by atoms with Crippen molar-refractivity contribution in [3.05, 3.63) is 29.3 Å². The number of halogens is 2. The van der Waals surface area contributed by atoms with Crippen LogP contribution < -0.4 is 14.8 Å². The molecule has 0 atom stereocenters. The van der Waals surface area contributed by atoms with E-state index in [1.165, 1.54) is 17.8 Å². The summed E-state index contributed by atoms with van der Waals surface area (Å²) in [7, 11) is 1.99. The number of hydrogen-bond acceptors (Lipinski definition) is 6. The van der Waals surface area contributed by atoms with Gasteiger partial charge in [0.25, 0.3) is 5.91 Å². The number of nitrogens with one attached hydrogen (secondary N) is 1. The van der Waals surface area contributed by atoms with Crippen molar-refractivity contribution in [2.45, 2.75) is 19.3 Å². The van der Waals surface area contributed by atoms with Crippen molar-refractivity contribution in [3.8, 4) is 22.1 Å². The molecule has 1 fully saturated rings. The number of carbonyl (C=O) groups is 1. The zero-order valence-electron chi connectivity index (χ0n) is 16.4. The minimum Gasteiger partial charge on any atom is -0.486 e. The number of aromatic nitrogens is 1. The van der Waals surface area contributed by atoms with Gasteiger partial charge in [-0.05, 0) is 57.0 Å².